The Bertz CT molecular complexity index is 674. The van der Waals surface area contributed by atoms with Crippen molar-refractivity contribution < 1.29 is 4.79 Å². The first-order valence-electron chi connectivity index (χ1n) is 7.43. The number of rotatable bonds is 4. The van der Waals surface area contributed by atoms with E-state index in [2.05, 4.69) is 17.3 Å². The molecule has 3 rings (SSSR count). The lowest BCUT2D eigenvalue weighted by Gasteiger charge is -2.25. The van der Waals surface area contributed by atoms with E-state index in [1.165, 1.54) is 0 Å². The molecule has 7 heteroatoms. The minimum Gasteiger partial charge on any atom is -0.354 e. The van der Waals surface area contributed by atoms with Gasteiger partial charge in [0.05, 0.1) is 5.69 Å². The van der Waals surface area contributed by atoms with Crippen molar-refractivity contribution in [2.45, 2.75) is 38.6 Å². The van der Waals surface area contributed by atoms with Gasteiger partial charge < -0.3 is 9.88 Å². The third kappa shape index (κ3) is 2.31. The van der Waals surface area contributed by atoms with Gasteiger partial charge in [0.2, 0.25) is 5.91 Å². The van der Waals surface area contributed by atoms with E-state index in [0.29, 0.717) is 12.3 Å². The maximum Gasteiger partial charge on any atom is 0.243 e. The largest absolute Gasteiger partial charge is 0.354 e. The molecule has 0 aromatic carbocycles. The highest BCUT2D eigenvalue weighted by atomic mass is 35.5. The lowest BCUT2D eigenvalue weighted by atomic mass is 10.1. The van der Waals surface area contributed by atoms with Crippen LogP contribution in [0.25, 0.3) is 11.2 Å². The lowest BCUT2D eigenvalue weighted by molar-refractivity contribution is -0.125. The fraction of sp³-hybridized carbons (Fsp3) is 0.643. The smallest absolute Gasteiger partial charge is 0.243 e. The van der Waals surface area contributed by atoms with Gasteiger partial charge in [-0.3, -0.25) is 9.48 Å². The minimum atomic E-state index is -0.206. The predicted molar refractivity (Wildman–Crippen MR) is 81.6 cm³/mol. The fourth-order valence-corrected chi connectivity index (χ4v) is 3.25. The molecule has 114 valence electrons. The van der Waals surface area contributed by atoms with Gasteiger partial charge in [0.1, 0.15) is 17.4 Å². The van der Waals surface area contributed by atoms with E-state index in [0.717, 1.165) is 48.5 Å². The maximum atomic E-state index is 12.3. The number of hydrogen-bond donors (Lipinski definition) is 1. The molecule has 1 aliphatic heterocycles. The van der Waals surface area contributed by atoms with E-state index < -0.39 is 0 Å². The summed E-state index contributed by atoms with van der Waals surface area (Å²) in [5.41, 5.74) is 2.80. The zero-order chi connectivity index (χ0) is 15.0. The lowest BCUT2D eigenvalue weighted by Crippen LogP contribution is -2.38. The maximum absolute atomic E-state index is 12.3. The summed E-state index contributed by atoms with van der Waals surface area (Å²) in [6, 6.07) is -0.206. The number of hydrogen-bond acceptors (Lipinski definition) is 3. The highest BCUT2D eigenvalue weighted by Gasteiger charge is 2.29. The van der Waals surface area contributed by atoms with Gasteiger partial charge in [-0.15, -0.1) is 11.6 Å². The molecule has 0 radical (unpaired) electrons. The number of alkyl halides is 1. The molecule has 0 bridgehead atoms. The van der Waals surface area contributed by atoms with Gasteiger partial charge >= 0.3 is 0 Å². The highest BCUT2D eigenvalue weighted by Crippen LogP contribution is 2.28. The van der Waals surface area contributed by atoms with Crippen LogP contribution in [0, 0.1) is 0 Å². The standard InChI is InChI=1S/C14H20ClN5O/c1-3-9-12-14(19(2)18-9)20(11(17-12)6-7-15)10-5-4-8-16-13(10)21/h10H,3-8H2,1-2H3,(H,16,21). The summed E-state index contributed by atoms with van der Waals surface area (Å²) < 4.78 is 3.87. The van der Waals surface area contributed by atoms with E-state index in [1.54, 1.807) is 0 Å². The number of fused-ring (bicyclic) bond motifs is 1. The Kier molecular flexibility index (Phi) is 3.89. The first-order chi connectivity index (χ1) is 10.2. The van der Waals surface area contributed by atoms with Crippen LogP contribution in [0.5, 0.6) is 0 Å². The van der Waals surface area contributed by atoms with Crippen LogP contribution < -0.4 is 5.32 Å². The number of aromatic nitrogens is 4. The summed E-state index contributed by atoms with van der Waals surface area (Å²) in [5, 5.41) is 7.46. The Hall–Kier alpha value is -1.56. The Morgan fingerprint density at radius 2 is 2.29 bits per heavy atom. The number of piperidine rings is 1. The first-order valence-corrected chi connectivity index (χ1v) is 7.97. The molecule has 2 aromatic heterocycles. The molecule has 1 unspecified atom stereocenters. The normalized spacial score (nSPS) is 19.2. The van der Waals surface area contributed by atoms with Crippen molar-refractivity contribution in [2.24, 2.45) is 7.05 Å². The van der Waals surface area contributed by atoms with Crippen molar-refractivity contribution in [1.82, 2.24) is 24.6 Å². The number of carbonyl (C=O) groups excluding carboxylic acids is 1. The number of carbonyl (C=O) groups is 1. The Morgan fingerprint density at radius 3 is 2.95 bits per heavy atom. The SMILES string of the molecule is CCc1nn(C)c2c1nc(CCCl)n2C1CCCNC1=O. The van der Waals surface area contributed by atoms with Crippen molar-refractivity contribution in [1.29, 1.82) is 0 Å². The second-order valence-electron chi connectivity index (χ2n) is 5.38. The molecular weight excluding hydrogens is 290 g/mol. The third-order valence-electron chi connectivity index (χ3n) is 4.03. The van der Waals surface area contributed by atoms with Crippen LogP contribution in [0.15, 0.2) is 0 Å². The molecule has 1 N–H and O–H groups in total. The third-order valence-corrected chi connectivity index (χ3v) is 4.22. The van der Waals surface area contributed by atoms with Crippen LogP contribution in [0.3, 0.4) is 0 Å². The second-order valence-corrected chi connectivity index (χ2v) is 5.76. The summed E-state index contributed by atoms with van der Waals surface area (Å²) >= 11 is 5.92. The monoisotopic (exact) mass is 309 g/mol. The van der Waals surface area contributed by atoms with Crippen LogP contribution in [-0.4, -0.2) is 37.7 Å². The van der Waals surface area contributed by atoms with Gasteiger partial charge in [-0.05, 0) is 19.3 Å². The number of amides is 1. The van der Waals surface area contributed by atoms with Gasteiger partial charge in [-0.1, -0.05) is 6.92 Å². The quantitative estimate of drug-likeness (QED) is 0.872. The van der Waals surface area contributed by atoms with Crippen molar-refractivity contribution in [2.75, 3.05) is 12.4 Å². The van der Waals surface area contributed by atoms with Crippen LogP contribution in [0.1, 0.15) is 37.3 Å². The Morgan fingerprint density at radius 1 is 1.48 bits per heavy atom. The van der Waals surface area contributed by atoms with E-state index in [-0.39, 0.29) is 11.9 Å². The topological polar surface area (TPSA) is 64.7 Å². The molecule has 1 aliphatic rings. The summed E-state index contributed by atoms with van der Waals surface area (Å²) in [6.45, 7) is 2.82. The number of imidazole rings is 1. The molecule has 0 aliphatic carbocycles. The zero-order valence-electron chi connectivity index (χ0n) is 12.4. The second kappa shape index (κ2) is 5.67. The minimum absolute atomic E-state index is 0.0654. The molecule has 2 aromatic rings. The Balaban J connectivity index is 2.19. The van der Waals surface area contributed by atoms with Crippen LogP contribution in [-0.2, 0) is 24.7 Å². The van der Waals surface area contributed by atoms with Crippen molar-refractivity contribution >= 4 is 28.7 Å². The van der Waals surface area contributed by atoms with E-state index in [1.807, 2.05) is 16.3 Å². The van der Waals surface area contributed by atoms with Gasteiger partial charge in [-0.2, -0.15) is 5.10 Å². The number of aryl methyl sites for hydroxylation is 3. The van der Waals surface area contributed by atoms with E-state index >= 15 is 0 Å². The summed E-state index contributed by atoms with van der Waals surface area (Å²) in [6.07, 6.45) is 3.29. The molecular formula is C14H20ClN5O. The molecule has 1 saturated heterocycles. The van der Waals surface area contributed by atoms with E-state index in [9.17, 15) is 4.79 Å². The Labute approximate surface area is 128 Å². The summed E-state index contributed by atoms with van der Waals surface area (Å²) in [5.74, 6) is 1.44. The molecule has 1 atom stereocenters. The zero-order valence-corrected chi connectivity index (χ0v) is 13.2. The number of nitrogens with zero attached hydrogens (tertiary/aromatic N) is 4. The molecule has 6 nitrogen and oxygen atoms in total. The average molecular weight is 310 g/mol. The molecule has 1 amide bonds. The van der Waals surface area contributed by atoms with Crippen LogP contribution in [0.4, 0.5) is 0 Å². The molecule has 21 heavy (non-hydrogen) atoms. The molecule has 1 fully saturated rings. The van der Waals surface area contributed by atoms with Crippen LogP contribution >= 0.6 is 11.6 Å². The van der Waals surface area contributed by atoms with Crippen molar-refractivity contribution in [3.8, 4) is 0 Å². The summed E-state index contributed by atoms with van der Waals surface area (Å²) in [4.78, 5) is 17.0. The van der Waals surface area contributed by atoms with E-state index in [4.69, 9.17) is 16.6 Å². The van der Waals surface area contributed by atoms with Crippen LogP contribution in [0.2, 0.25) is 0 Å². The number of halogens is 1. The number of nitrogens with one attached hydrogen (secondary N) is 1. The van der Waals surface area contributed by atoms with Crippen molar-refractivity contribution in [3.63, 3.8) is 0 Å². The molecule has 3 heterocycles. The first kappa shape index (κ1) is 14.4. The van der Waals surface area contributed by atoms with Gasteiger partial charge in [-0.25, -0.2) is 4.98 Å². The average Bonchev–Trinajstić information content (AvgIpc) is 2.98. The van der Waals surface area contributed by atoms with Gasteiger partial charge in [0, 0.05) is 25.9 Å². The molecule has 0 saturated carbocycles. The molecule has 0 spiro atoms. The van der Waals surface area contributed by atoms with Crippen molar-refractivity contribution in [3.05, 3.63) is 11.5 Å². The fourth-order valence-electron chi connectivity index (χ4n) is 3.08. The van der Waals surface area contributed by atoms with Gasteiger partial charge in [0.25, 0.3) is 0 Å². The highest BCUT2D eigenvalue weighted by molar-refractivity contribution is 6.17. The predicted octanol–water partition coefficient (Wildman–Crippen LogP) is 1.56. The summed E-state index contributed by atoms with van der Waals surface area (Å²) in [7, 11) is 1.91. The van der Waals surface area contributed by atoms with Gasteiger partial charge in [0.15, 0.2) is 5.65 Å².